The number of likely N-dealkylation sites (N-methyl/N-ethyl adjacent to an activating group) is 1. The first-order chi connectivity index (χ1) is 32.6. The zero-order valence-electron chi connectivity index (χ0n) is 44.9. The molecule has 0 aromatic rings. The lowest BCUT2D eigenvalue weighted by atomic mass is 10.0. The number of allylic oxidation sites excluding steroid dienone is 8. The molecule has 0 rings (SSSR count). The van der Waals surface area contributed by atoms with Gasteiger partial charge in [0.05, 0.1) is 34.4 Å². The lowest BCUT2D eigenvalue weighted by Crippen LogP contribution is -2.37. The van der Waals surface area contributed by atoms with E-state index in [0.29, 0.717) is 24.1 Å². The largest absolute Gasteiger partial charge is 0.756 e. The Morgan fingerprint density at radius 3 is 1.21 bits per heavy atom. The summed E-state index contributed by atoms with van der Waals surface area (Å²) in [6.07, 6.45) is 64.3. The summed E-state index contributed by atoms with van der Waals surface area (Å²) in [7, 11) is 1.36. The van der Waals surface area contributed by atoms with Crippen LogP contribution in [0.4, 0.5) is 0 Å². The number of nitrogens with zero attached hydrogens (tertiary/aromatic N) is 1. The lowest BCUT2D eigenvalue weighted by Gasteiger charge is -2.28. The average molecular weight is 964 g/mol. The Labute approximate surface area is 416 Å². The number of hydrogen-bond acceptors (Lipinski definition) is 7. The van der Waals surface area contributed by atoms with Crippen molar-refractivity contribution < 1.29 is 37.3 Å². The summed E-state index contributed by atoms with van der Waals surface area (Å²) in [6.45, 7) is 5.42. The Bertz CT molecular complexity index is 1210. The van der Waals surface area contributed by atoms with Gasteiger partial charge in [-0.25, -0.2) is 0 Å². The van der Waals surface area contributed by atoms with Crippen LogP contribution in [0.3, 0.4) is 0 Å². The van der Waals surface area contributed by atoms with Crippen molar-refractivity contribution in [3.63, 3.8) is 0 Å². The first-order valence-corrected chi connectivity index (χ1v) is 29.8. The van der Waals surface area contributed by atoms with Crippen molar-refractivity contribution in [1.29, 1.82) is 0 Å². The highest BCUT2D eigenvalue weighted by molar-refractivity contribution is 7.45. The van der Waals surface area contributed by atoms with Crippen LogP contribution in [0.5, 0.6) is 0 Å². The van der Waals surface area contributed by atoms with Crippen LogP contribution in [0.25, 0.3) is 0 Å². The first-order valence-electron chi connectivity index (χ1n) is 28.4. The smallest absolute Gasteiger partial charge is 0.306 e. The number of carbonyl (C=O) groups is 1. The maximum Gasteiger partial charge on any atom is 0.306 e. The van der Waals surface area contributed by atoms with Gasteiger partial charge in [0, 0.05) is 13.0 Å². The fourth-order valence-corrected chi connectivity index (χ4v) is 8.69. The topological polar surface area (TPSA) is 94.1 Å². The van der Waals surface area contributed by atoms with Crippen LogP contribution in [0, 0.1) is 0 Å². The van der Waals surface area contributed by atoms with Crippen LogP contribution in [0.2, 0.25) is 0 Å². The first kappa shape index (κ1) is 65.5. The number of unbranched alkanes of at least 4 members (excludes halogenated alkanes) is 31. The van der Waals surface area contributed by atoms with Gasteiger partial charge in [-0.3, -0.25) is 9.36 Å². The van der Waals surface area contributed by atoms with Crippen LogP contribution < -0.4 is 4.89 Å². The molecule has 67 heavy (non-hydrogen) atoms. The van der Waals surface area contributed by atoms with Crippen LogP contribution in [0.15, 0.2) is 48.6 Å². The van der Waals surface area contributed by atoms with E-state index in [1.807, 2.05) is 21.1 Å². The van der Waals surface area contributed by atoms with Gasteiger partial charge < -0.3 is 27.9 Å². The van der Waals surface area contributed by atoms with Crippen molar-refractivity contribution in [2.75, 3.05) is 54.1 Å². The maximum absolute atomic E-state index is 12.8. The molecule has 394 valence electrons. The molecular formula is C58H110NO7P. The predicted octanol–water partition coefficient (Wildman–Crippen LogP) is 17.2. The molecule has 0 aliphatic rings. The number of phosphoric ester groups is 1. The minimum absolute atomic E-state index is 0.0246. The van der Waals surface area contributed by atoms with Gasteiger partial charge in [-0.1, -0.05) is 223 Å². The normalized spacial score (nSPS) is 13.8. The second-order valence-electron chi connectivity index (χ2n) is 20.3. The molecular weight excluding hydrogens is 854 g/mol. The maximum atomic E-state index is 12.8. The third-order valence-electron chi connectivity index (χ3n) is 12.4. The molecule has 2 unspecified atom stereocenters. The number of hydrogen-bond donors (Lipinski definition) is 0. The van der Waals surface area contributed by atoms with E-state index < -0.39 is 13.9 Å². The van der Waals surface area contributed by atoms with E-state index in [9.17, 15) is 14.3 Å². The molecule has 0 bridgehead atoms. The molecule has 0 radical (unpaired) electrons. The number of phosphoric acid groups is 1. The quantitative estimate of drug-likeness (QED) is 0.0197. The molecule has 0 saturated carbocycles. The van der Waals surface area contributed by atoms with Gasteiger partial charge in [-0.2, -0.15) is 0 Å². The predicted molar refractivity (Wildman–Crippen MR) is 286 cm³/mol. The fourth-order valence-electron chi connectivity index (χ4n) is 7.96. The molecule has 0 heterocycles. The number of ether oxygens (including phenoxy) is 2. The molecule has 8 nitrogen and oxygen atoms in total. The molecule has 0 spiro atoms. The van der Waals surface area contributed by atoms with Crippen LogP contribution in [-0.2, 0) is 27.9 Å². The number of esters is 1. The van der Waals surface area contributed by atoms with Crippen molar-refractivity contribution in [3.8, 4) is 0 Å². The standard InChI is InChI=1S/C58H110NO7P/c1-6-8-10-12-14-16-18-20-22-24-26-28-29-30-32-34-36-38-40-42-44-46-48-50-53-63-55-57(56-65-67(61,62)64-54-52-59(3,4)5)66-58(60)51-49-47-45-43-41-39-37-35-33-31-27-25-23-21-19-17-15-13-11-9-7-2/h18-21,24-27,57H,6-17,22-23,28-56H2,1-5H3/b20-18-,21-19-,26-24-,27-25-. The highest BCUT2D eigenvalue weighted by atomic mass is 31.2. The van der Waals surface area contributed by atoms with E-state index in [0.717, 1.165) is 44.9 Å². The van der Waals surface area contributed by atoms with E-state index in [1.165, 1.54) is 193 Å². The van der Waals surface area contributed by atoms with E-state index in [-0.39, 0.29) is 25.8 Å². The zero-order valence-corrected chi connectivity index (χ0v) is 45.7. The van der Waals surface area contributed by atoms with Gasteiger partial charge >= 0.3 is 5.97 Å². The summed E-state index contributed by atoms with van der Waals surface area (Å²) in [5.74, 6) is -0.336. The van der Waals surface area contributed by atoms with E-state index in [4.69, 9.17) is 18.5 Å². The Morgan fingerprint density at radius 1 is 0.463 bits per heavy atom. The van der Waals surface area contributed by atoms with E-state index in [2.05, 4.69) is 62.5 Å². The Balaban J connectivity index is 4.09. The van der Waals surface area contributed by atoms with Gasteiger partial charge in [0.1, 0.15) is 19.3 Å². The van der Waals surface area contributed by atoms with Gasteiger partial charge in [-0.15, -0.1) is 0 Å². The summed E-state index contributed by atoms with van der Waals surface area (Å²) in [6, 6.07) is 0. The zero-order chi connectivity index (χ0) is 49.0. The highest BCUT2D eigenvalue weighted by Crippen LogP contribution is 2.38. The molecule has 0 N–H and O–H groups in total. The van der Waals surface area contributed by atoms with Crippen molar-refractivity contribution in [2.24, 2.45) is 0 Å². The Kier molecular flexibility index (Phi) is 49.7. The number of rotatable bonds is 53. The van der Waals surface area contributed by atoms with Crippen molar-refractivity contribution in [2.45, 2.75) is 264 Å². The molecule has 9 heteroatoms. The van der Waals surface area contributed by atoms with Crippen LogP contribution >= 0.6 is 7.82 Å². The molecule has 0 saturated heterocycles. The van der Waals surface area contributed by atoms with E-state index >= 15 is 0 Å². The molecule has 0 aliphatic heterocycles. The monoisotopic (exact) mass is 964 g/mol. The number of quaternary nitrogens is 1. The lowest BCUT2D eigenvalue weighted by molar-refractivity contribution is -0.870. The van der Waals surface area contributed by atoms with Gasteiger partial charge in [0.2, 0.25) is 0 Å². The summed E-state index contributed by atoms with van der Waals surface area (Å²) < 4.78 is 34.8. The van der Waals surface area contributed by atoms with E-state index in [1.54, 1.807) is 0 Å². The highest BCUT2D eigenvalue weighted by Gasteiger charge is 2.20. The molecule has 0 aromatic carbocycles. The number of carbonyl (C=O) groups excluding carboxylic acids is 1. The molecule has 0 aliphatic carbocycles. The summed E-state index contributed by atoms with van der Waals surface area (Å²) in [5, 5.41) is 0. The summed E-state index contributed by atoms with van der Waals surface area (Å²) in [4.78, 5) is 25.2. The second kappa shape index (κ2) is 50.8. The third kappa shape index (κ3) is 55.3. The average Bonchev–Trinajstić information content (AvgIpc) is 3.29. The Hall–Kier alpha value is -1.54. The molecule has 2 atom stereocenters. The van der Waals surface area contributed by atoms with Crippen molar-refractivity contribution in [1.82, 2.24) is 0 Å². The van der Waals surface area contributed by atoms with Crippen molar-refractivity contribution >= 4 is 13.8 Å². The van der Waals surface area contributed by atoms with Crippen LogP contribution in [-0.4, -0.2) is 70.7 Å². The molecule has 0 amide bonds. The second-order valence-corrected chi connectivity index (χ2v) is 21.7. The molecule has 0 aromatic heterocycles. The SMILES string of the molecule is CCCCCCC/C=C\C/C=C\CCCCCCCCCCCCCCOCC(COP(=O)([O-])OCC[N+](C)(C)C)OC(=O)CCCCCCCCCCC/C=C\C/C=C\CCCCCCC. The van der Waals surface area contributed by atoms with Gasteiger partial charge in [-0.05, 0) is 77.0 Å². The Morgan fingerprint density at radius 2 is 0.821 bits per heavy atom. The van der Waals surface area contributed by atoms with Gasteiger partial charge in [0.25, 0.3) is 7.82 Å². The fraction of sp³-hybridized carbons (Fsp3) is 0.845. The van der Waals surface area contributed by atoms with Crippen molar-refractivity contribution in [3.05, 3.63) is 48.6 Å². The minimum atomic E-state index is -4.54. The van der Waals surface area contributed by atoms with Crippen LogP contribution in [0.1, 0.15) is 258 Å². The van der Waals surface area contributed by atoms with Gasteiger partial charge in [0.15, 0.2) is 0 Å². The minimum Gasteiger partial charge on any atom is -0.756 e. The summed E-state index contributed by atoms with van der Waals surface area (Å²) >= 11 is 0. The molecule has 0 fully saturated rings. The third-order valence-corrected chi connectivity index (χ3v) is 13.3. The summed E-state index contributed by atoms with van der Waals surface area (Å²) in [5.41, 5.74) is 0.